The maximum Gasteiger partial charge on any atom is 0.343 e. The molecule has 0 aliphatic heterocycles. The van der Waals surface area contributed by atoms with Crippen LogP contribution in [0.15, 0.2) is 144 Å². The smallest absolute Gasteiger partial charge is 0.343 e. The van der Waals surface area contributed by atoms with Gasteiger partial charge in [0.1, 0.15) is 5.76 Å². The third-order valence-corrected chi connectivity index (χ3v) is 8.75. The van der Waals surface area contributed by atoms with Crippen LogP contribution in [0.5, 0.6) is 0 Å². The zero-order valence-corrected chi connectivity index (χ0v) is 23.7. The molecule has 5 aromatic carbocycles. The van der Waals surface area contributed by atoms with Crippen LogP contribution in [0.25, 0.3) is 34.0 Å². The Labute approximate surface area is 245 Å². The largest absolute Gasteiger partial charge is 0.422 e. The summed E-state index contributed by atoms with van der Waals surface area (Å²) < 4.78 is 36.1. The first-order valence-electron chi connectivity index (χ1n) is 13.5. The third-order valence-electron chi connectivity index (χ3n) is 7.02. The highest BCUT2D eigenvalue weighted by molar-refractivity contribution is 7.90. The number of fused-ring (bicyclic) bond motifs is 1. The Hall–Kier alpha value is -5.20. The van der Waals surface area contributed by atoms with E-state index in [-0.39, 0.29) is 4.90 Å². The van der Waals surface area contributed by atoms with E-state index in [1.54, 1.807) is 60.7 Å². The minimum atomic E-state index is -4.03. The van der Waals surface area contributed by atoms with Gasteiger partial charge in [0.15, 0.2) is 0 Å². The molecule has 206 valence electrons. The van der Waals surface area contributed by atoms with Crippen LogP contribution in [0.4, 0.5) is 0 Å². The van der Waals surface area contributed by atoms with Gasteiger partial charge in [-0.25, -0.2) is 17.2 Å². The Balaban J connectivity index is 1.65. The molecule has 0 bridgehead atoms. The molecule has 0 amide bonds. The molecule has 0 saturated carbocycles. The quantitative estimate of drug-likeness (QED) is 0.144. The lowest BCUT2D eigenvalue weighted by Crippen LogP contribution is -2.14. The zero-order valence-electron chi connectivity index (χ0n) is 22.8. The summed E-state index contributed by atoms with van der Waals surface area (Å²) in [6.45, 7) is 1.92. The van der Waals surface area contributed by atoms with Crippen LogP contribution in [0.2, 0.25) is 0 Å². The third kappa shape index (κ3) is 5.16. The fourth-order valence-corrected chi connectivity index (χ4v) is 6.51. The van der Waals surface area contributed by atoms with Crippen LogP contribution in [-0.2, 0) is 14.8 Å². The minimum absolute atomic E-state index is 0.181. The SMILES string of the molecule is Cc1ccc(S(=O)(=O)n2c(-c3ccccc3)c(/C=C(\OC(=O)c3ccccc3)c3ccccc3)c3ccccc32)cc1. The van der Waals surface area contributed by atoms with Gasteiger partial charge in [-0.1, -0.05) is 115 Å². The number of carbonyl (C=O) groups excluding carboxylic acids is 1. The van der Waals surface area contributed by atoms with Crippen LogP contribution in [0.1, 0.15) is 27.0 Å². The molecule has 5 nitrogen and oxygen atoms in total. The fourth-order valence-electron chi connectivity index (χ4n) is 4.95. The summed E-state index contributed by atoms with van der Waals surface area (Å²) in [5, 5.41) is 0.705. The molecular formula is C36H27NO4S. The molecule has 0 fully saturated rings. The predicted molar refractivity (Wildman–Crippen MR) is 167 cm³/mol. The highest BCUT2D eigenvalue weighted by Gasteiger charge is 2.28. The van der Waals surface area contributed by atoms with Gasteiger partial charge in [0, 0.05) is 16.5 Å². The average molecular weight is 570 g/mol. The van der Waals surface area contributed by atoms with Crippen molar-refractivity contribution in [1.29, 1.82) is 0 Å². The van der Waals surface area contributed by atoms with Crippen LogP contribution in [0, 0.1) is 6.92 Å². The van der Waals surface area contributed by atoms with Crippen molar-refractivity contribution in [3.8, 4) is 11.3 Å². The Kier molecular flexibility index (Phi) is 7.30. The normalized spacial score (nSPS) is 11.9. The van der Waals surface area contributed by atoms with Gasteiger partial charge in [-0.05, 0) is 48.9 Å². The second-order valence-corrected chi connectivity index (χ2v) is 11.6. The monoisotopic (exact) mass is 569 g/mol. The van der Waals surface area contributed by atoms with Crippen molar-refractivity contribution in [2.45, 2.75) is 11.8 Å². The Bertz CT molecular complexity index is 2010. The number of hydrogen-bond acceptors (Lipinski definition) is 4. The highest BCUT2D eigenvalue weighted by atomic mass is 32.2. The number of esters is 1. The van der Waals surface area contributed by atoms with E-state index in [1.165, 1.54) is 3.97 Å². The molecule has 0 atom stereocenters. The van der Waals surface area contributed by atoms with Crippen molar-refractivity contribution in [3.63, 3.8) is 0 Å². The molecule has 0 spiro atoms. The van der Waals surface area contributed by atoms with Crippen LogP contribution in [0.3, 0.4) is 0 Å². The van der Waals surface area contributed by atoms with Crippen LogP contribution in [-0.4, -0.2) is 18.4 Å². The van der Waals surface area contributed by atoms with Gasteiger partial charge in [-0.3, -0.25) is 0 Å². The number of ether oxygens (including phenoxy) is 1. The molecule has 0 aliphatic carbocycles. The topological polar surface area (TPSA) is 65.4 Å². The molecule has 42 heavy (non-hydrogen) atoms. The molecule has 6 heteroatoms. The molecular weight excluding hydrogens is 542 g/mol. The van der Waals surface area contributed by atoms with Crippen molar-refractivity contribution >= 4 is 38.7 Å². The van der Waals surface area contributed by atoms with Crippen LogP contribution >= 0.6 is 0 Å². The van der Waals surface area contributed by atoms with E-state index in [2.05, 4.69) is 0 Å². The molecule has 1 aromatic heterocycles. The van der Waals surface area contributed by atoms with E-state index in [1.807, 2.05) is 91.9 Å². The van der Waals surface area contributed by atoms with E-state index < -0.39 is 16.0 Å². The van der Waals surface area contributed by atoms with Gasteiger partial charge in [0.25, 0.3) is 10.0 Å². The molecule has 0 aliphatic rings. The van der Waals surface area contributed by atoms with Gasteiger partial charge in [-0.2, -0.15) is 0 Å². The van der Waals surface area contributed by atoms with Crippen molar-refractivity contribution in [2.75, 3.05) is 0 Å². The second kappa shape index (κ2) is 11.4. The Morgan fingerprint density at radius 1 is 0.667 bits per heavy atom. The van der Waals surface area contributed by atoms with Crippen molar-refractivity contribution < 1.29 is 17.9 Å². The maximum atomic E-state index is 14.3. The number of carbonyl (C=O) groups is 1. The lowest BCUT2D eigenvalue weighted by atomic mass is 10.0. The maximum absolute atomic E-state index is 14.3. The first kappa shape index (κ1) is 27.0. The van der Waals surface area contributed by atoms with Crippen molar-refractivity contribution in [1.82, 2.24) is 3.97 Å². The number of hydrogen-bond donors (Lipinski definition) is 0. The zero-order chi connectivity index (χ0) is 29.1. The summed E-state index contributed by atoms with van der Waals surface area (Å²) in [6.07, 6.45) is 1.77. The summed E-state index contributed by atoms with van der Waals surface area (Å²) in [7, 11) is -4.03. The molecule has 0 unspecified atom stereocenters. The van der Waals surface area contributed by atoms with E-state index in [0.29, 0.717) is 44.6 Å². The second-order valence-electron chi connectivity index (χ2n) is 9.86. The summed E-state index contributed by atoms with van der Waals surface area (Å²) in [4.78, 5) is 13.4. The van der Waals surface area contributed by atoms with Gasteiger partial charge in [0.05, 0.1) is 21.7 Å². The summed E-state index contributed by atoms with van der Waals surface area (Å²) >= 11 is 0. The predicted octanol–water partition coefficient (Wildman–Crippen LogP) is 8.21. The molecule has 6 rings (SSSR count). The Morgan fingerprint density at radius 3 is 1.86 bits per heavy atom. The number of aryl methyl sites for hydroxylation is 1. The number of benzene rings is 5. The minimum Gasteiger partial charge on any atom is -0.422 e. The number of rotatable bonds is 7. The van der Waals surface area contributed by atoms with Crippen molar-refractivity contribution in [2.24, 2.45) is 0 Å². The van der Waals surface area contributed by atoms with E-state index in [9.17, 15) is 13.2 Å². The average Bonchev–Trinajstić information content (AvgIpc) is 3.37. The molecule has 1 heterocycles. The lowest BCUT2D eigenvalue weighted by Gasteiger charge is -2.14. The first-order valence-corrected chi connectivity index (χ1v) is 14.9. The lowest BCUT2D eigenvalue weighted by molar-refractivity contribution is 0.0693. The highest BCUT2D eigenvalue weighted by Crippen LogP contribution is 2.39. The van der Waals surface area contributed by atoms with E-state index in [4.69, 9.17) is 4.74 Å². The number of para-hydroxylation sites is 1. The number of aromatic nitrogens is 1. The van der Waals surface area contributed by atoms with E-state index in [0.717, 1.165) is 5.56 Å². The summed E-state index contributed by atoms with van der Waals surface area (Å²) in [5.74, 6) is -0.208. The molecule has 0 saturated heterocycles. The van der Waals surface area contributed by atoms with Gasteiger partial charge >= 0.3 is 5.97 Å². The fraction of sp³-hybridized carbons (Fsp3) is 0.0278. The molecule has 0 radical (unpaired) electrons. The van der Waals surface area contributed by atoms with Gasteiger partial charge < -0.3 is 4.74 Å². The molecule has 0 N–H and O–H groups in total. The Morgan fingerprint density at radius 2 is 1.21 bits per heavy atom. The summed E-state index contributed by atoms with van der Waals surface area (Å²) in [6, 6.07) is 41.7. The van der Waals surface area contributed by atoms with E-state index >= 15 is 0 Å². The van der Waals surface area contributed by atoms with Gasteiger partial charge in [-0.15, -0.1) is 0 Å². The first-order chi connectivity index (χ1) is 20.4. The van der Waals surface area contributed by atoms with Gasteiger partial charge in [0.2, 0.25) is 0 Å². The standard InChI is InChI=1S/C36H27NO4S/c1-26-21-23-30(24-22-26)42(39,40)37-33-20-12-11-19-31(33)32(35(37)28-15-7-3-8-16-28)25-34(27-13-5-2-6-14-27)41-36(38)29-17-9-4-10-18-29/h2-25H,1H3/b34-25-. The summed E-state index contributed by atoms with van der Waals surface area (Å²) in [5.41, 5.74) is 4.37. The van der Waals surface area contributed by atoms with Crippen LogP contribution < -0.4 is 0 Å². The molecule has 6 aromatic rings. The van der Waals surface area contributed by atoms with Crippen molar-refractivity contribution in [3.05, 3.63) is 162 Å². The number of nitrogens with zero attached hydrogens (tertiary/aromatic N) is 1.